The van der Waals surface area contributed by atoms with Gasteiger partial charge in [-0.1, -0.05) is 6.92 Å². The second kappa shape index (κ2) is 4.52. The maximum absolute atomic E-state index is 11.6. The largest absolute Gasteiger partial charge is 0.316 e. The third-order valence-corrected chi connectivity index (χ3v) is 6.31. The van der Waals surface area contributed by atoms with Gasteiger partial charge in [-0.05, 0) is 32.2 Å². The van der Waals surface area contributed by atoms with Gasteiger partial charge in [-0.25, -0.2) is 8.42 Å². The number of nitrogens with one attached hydrogen (secondary N) is 1. The average molecular weight is 260 g/mol. The van der Waals surface area contributed by atoms with E-state index in [1.807, 2.05) is 0 Å². The number of hydrogen-bond acceptors (Lipinski definition) is 4. The van der Waals surface area contributed by atoms with Crippen LogP contribution in [0, 0.1) is 11.8 Å². The molecule has 0 aliphatic carbocycles. The quantitative estimate of drug-likeness (QED) is 0.792. The molecule has 2 fully saturated rings. The van der Waals surface area contributed by atoms with Crippen LogP contribution in [0.1, 0.15) is 20.8 Å². The fourth-order valence-electron chi connectivity index (χ4n) is 3.28. The molecule has 2 saturated heterocycles. The summed E-state index contributed by atoms with van der Waals surface area (Å²) in [4.78, 5) is 2.37. The number of sulfone groups is 1. The predicted molar refractivity (Wildman–Crippen MR) is 69.8 cm³/mol. The number of nitrogens with zero attached hydrogens (tertiary/aromatic N) is 1. The van der Waals surface area contributed by atoms with Gasteiger partial charge in [0, 0.05) is 30.9 Å². The Morgan fingerprint density at radius 2 is 2.06 bits per heavy atom. The normalized spacial score (nSPS) is 32.9. The van der Waals surface area contributed by atoms with E-state index in [0.717, 1.165) is 19.6 Å². The number of likely N-dealkylation sites (tertiary alicyclic amines) is 1. The van der Waals surface area contributed by atoms with Crippen LogP contribution in [0.25, 0.3) is 0 Å². The van der Waals surface area contributed by atoms with E-state index in [9.17, 15) is 8.42 Å². The number of rotatable bonds is 4. The lowest BCUT2D eigenvalue weighted by Crippen LogP contribution is -2.46. The summed E-state index contributed by atoms with van der Waals surface area (Å²) < 4.78 is 23.1. The van der Waals surface area contributed by atoms with Crippen LogP contribution in [0.15, 0.2) is 0 Å². The summed E-state index contributed by atoms with van der Waals surface area (Å²) in [6.45, 7) is 10.1. The van der Waals surface area contributed by atoms with Gasteiger partial charge in [0.15, 0.2) is 9.84 Å². The molecular weight excluding hydrogens is 236 g/mol. The second-order valence-corrected chi connectivity index (χ2v) is 8.33. The van der Waals surface area contributed by atoms with Crippen molar-refractivity contribution in [1.82, 2.24) is 10.2 Å². The van der Waals surface area contributed by atoms with Crippen molar-refractivity contribution in [1.29, 1.82) is 0 Å². The Labute approximate surface area is 105 Å². The molecule has 4 nitrogen and oxygen atoms in total. The van der Waals surface area contributed by atoms with Crippen LogP contribution in [-0.4, -0.2) is 56.5 Å². The maximum Gasteiger partial charge on any atom is 0.151 e. The third-order valence-electron chi connectivity index (χ3n) is 4.63. The van der Waals surface area contributed by atoms with Crippen LogP contribution in [0.2, 0.25) is 0 Å². The van der Waals surface area contributed by atoms with Gasteiger partial charge >= 0.3 is 0 Å². The van der Waals surface area contributed by atoms with Gasteiger partial charge in [0.2, 0.25) is 0 Å². The van der Waals surface area contributed by atoms with Gasteiger partial charge in [0.25, 0.3) is 0 Å². The van der Waals surface area contributed by atoms with E-state index in [1.54, 1.807) is 6.92 Å². The molecule has 2 rings (SSSR count). The molecule has 1 N–H and O–H groups in total. The summed E-state index contributed by atoms with van der Waals surface area (Å²) in [5, 5.41) is 3.44. The van der Waals surface area contributed by atoms with E-state index in [-0.39, 0.29) is 11.3 Å². The third kappa shape index (κ3) is 2.51. The van der Waals surface area contributed by atoms with Gasteiger partial charge in [0.1, 0.15) is 0 Å². The summed E-state index contributed by atoms with van der Waals surface area (Å²) in [6.07, 6.45) is 0. The molecule has 0 aromatic carbocycles. The molecular formula is C12H24N2O2S. The van der Waals surface area contributed by atoms with Crippen molar-refractivity contribution in [3.8, 4) is 0 Å². The van der Waals surface area contributed by atoms with Gasteiger partial charge in [-0.2, -0.15) is 0 Å². The summed E-state index contributed by atoms with van der Waals surface area (Å²) in [5.74, 6) is 1.94. The Morgan fingerprint density at radius 1 is 1.35 bits per heavy atom. The van der Waals surface area contributed by atoms with Crippen molar-refractivity contribution in [3.05, 3.63) is 0 Å². The average Bonchev–Trinajstić information content (AvgIpc) is 2.79. The van der Waals surface area contributed by atoms with Gasteiger partial charge in [-0.15, -0.1) is 0 Å². The zero-order chi connectivity index (χ0) is 12.7. The van der Waals surface area contributed by atoms with Crippen LogP contribution >= 0.6 is 0 Å². The molecule has 100 valence electrons. The minimum atomic E-state index is -2.84. The lowest BCUT2D eigenvalue weighted by atomic mass is 9.85. The van der Waals surface area contributed by atoms with Crippen LogP contribution in [-0.2, 0) is 9.84 Å². The molecule has 0 aromatic heterocycles. The van der Waals surface area contributed by atoms with Crippen molar-refractivity contribution < 1.29 is 8.42 Å². The van der Waals surface area contributed by atoms with Crippen LogP contribution in [0.4, 0.5) is 0 Å². The molecule has 2 unspecified atom stereocenters. The van der Waals surface area contributed by atoms with Gasteiger partial charge in [-0.3, -0.25) is 4.90 Å². The van der Waals surface area contributed by atoms with Crippen molar-refractivity contribution in [2.75, 3.05) is 37.7 Å². The molecule has 2 aliphatic rings. The SMILES string of the molecule is CCS(=O)(=O)CCN1CC2CNCC2C1(C)C. The standard InChI is InChI=1S/C12H24N2O2S/c1-4-17(15,16)6-5-14-9-10-7-13-8-11(10)12(14,2)3/h10-11,13H,4-9H2,1-3H3. The lowest BCUT2D eigenvalue weighted by molar-refractivity contribution is 0.148. The first-order chi connectivity index (χ1) is 7.87. The summed E-state index contributed by atoms with van der Waals surface area (Å²) in [5.41, 5.74) is 0.136. The molecule has 5 heteroatoms. The molecule has 0 amide bonds. The van der Waals surface area contributed by atoms with Crippen LogP contribution < -0.4 is 5.32 Å². The van der Waals surface area contributed by atoms with Crippen molar-refractivity contribution in [2.24, 2.45) is 11.8 Å². The topological polar surface area (TPSA) is 49.4 Å². The molecule has 0 spiro atoms. The van der Waals surface area contributed by atoms with Crippen LogP contribution in [0.3, 0.4) is 0 Å². The molecule has 17 heavy (non-hydrogen) atoms. The molecule has 0 radical (unpaired) electrons. The molecule has 0 saturated carbocycles. The van der Waals surface area contributed by atoms with Crippen LogP contribution in [0.5, 0.6) is 0 Å². The Bertz CT molecular complexity index is 378. The Morgan fingerprint density at radius 3 is 2.65 bits per heavy atom. The monoisotopic (exact) mass is 260 g/mol. The van der Waals surface area contributed by atoms with Gasteiger partial charge < -0.3 is 5.32 Å². The predicted octanol–water partition coefficient (Wildman–Crippen LogP) is 0.351. The summed E-state index contributed by atoms with van der Waals surface area (Å²) in [6, 6.07) is 0. The Hall–Kier alpha value is -0.130. The summed E-state index contributed by atoms with van der Waals surface area (Å²) >= 11 is 0. The van der Waals surface area contributed by atoms with E-state index in [0.29, 0.717) is 24.1 Å². The van der Waals surface area contributed by atoms with Crippen molar-refractivity contribution in [3.63, 3.8) is 0 Å². The highest BCUT2D eigenvalue weighted by Gasteiger charge is 2.49. The van der Waals surface area contributed by atoms with E-state index < -0.39 is 9.84 Å². The first kappa shape index (κ1) is 13.3. The van der Waals surface area contributed by atoms with E-state index >= 15 is 0 Å². The number of fused-ring (bicyclic) bond motifs is 1. The zero-order valence-electron chi connectivity index (χ0n) is 11.1. The molecule has 2 heterocycles. The summed E-state index contributed by atoms with van der Waals surface area (Å²) in [7, 11) is -2.84. The van der Waals surface area contributed by atoms with E-state index in [2.05, 4.69) is 24.1 Å². The van der Waals surface area contributed by atoms with Crippen molar-refractivity contribution >= 4 is 9.84 Å². The fraction of sp³-hybridized carbons (Fsp3) is 1.00. The highest BCUT2D eigenvalue weighted by Crippen LogP contribution is 2.40. The van der Waals surface area contributed by atoms with E-state index in [4.69, 9.17) is 0 Å². The first-order valence-corrected chi connectivity index (χ1v) is 8.35. The molecule has 0 bridgehead atoms. The number of hydrogen-bond donors (Lipinski definition) is 1. The highest BCUT2D eigenvalue weighted by molar-refractivity contribution is 7.91. The first-order valence-electron chi connectivity index (χ1n) is 6.53. The Kier molecular flexibility index (Phi) is 3.54. The van der Waals surface area contributed by atoms with Crippen molar-refractivity contribution in [2.45, 2.75) is 26.3 Å². The maximum atomic E-state index is 11.6. The van der Waals surface area contributed by atoms with E-state index in [1.165, 1.54) is 0 Å². The zero-order valence-corrected chi connectivity index (χ0v) is 11.9. The Balaban J connectivity index is 1.99. The van der Waals surface area contributed by atoms with Gasteiger partial charge in [0.05, 0.1) is 5.75 Å². The minimum absolute atomic E-state index is 0.136. The highest BCUT2D eigenvalue weighted by atomic mass is 32.2. The molecule has 2 atom stereocenters. The second-order valence-electron chi connectivity index (χ2n) is 5.86. The molecule has 2 aliphatic heterocycles. The smallest absolute Gasteiger partial charge is 0.151 e. The molecule has 0 aromatic rings. The lowest BCUT2D eigenvalue weighted by Gasteiger charge is -2.35. The minimum Gasteiger partial charge on any atom is -0.316 e. The fourth-order valence-corrected chi connectivity index (χ4v) is 4.06.